The van der Waals surface area contributed by atoms with E-state index in [-0.39, 0.29) is 30.9 Å². The van der Waals surface area contributed by atoms with E-state index >= 15 is 0 Å². The maximum absolute atomic E-state index is 13.8. The van der Waals surface area contributed by atoms with Gasteiger partial charge < -0.3 is 19.8 Å². The Labute approximate surface area is 198 Å². The number of nitrogens with one attached hydrogen (secondary N) is 3. The minimum atomic E-state index is -4.12. The van der Waals surface area contributed by atoms with Gasteiger partial charge >= 0.3 is 7.75 Å². The second-order valence-electron chi connectivity index (χ2n) is 7.34. The van der Waals surface area contributed by atoms with Crippen molar-refractivity contribution in [2.45, 2.75) is 25.4 Å². The smallest absolute Gasteiger partial charge is 0.405 e. The predicted molar refractivity (Wildman–Crippen MR) is 130 cm³/mol. The largest absolute Gasteiger partial charge is 0.513 e. The molecule has 0 saturated heterocycles. The summed E-state index contributed by atoms with van der Waals surface area (Å²) in [5.41, 5.74) is 0.884. The average Bonchev–Trinajstić information content (AvgIpc) is 2.86. The van der Waals surface area contributed by atoms with Crippen molar-refractivity contribution in [1.82, 2.24) is 10.4 Å². The van der Waals surface area contributed by atoms with Crippen molar-refractivity contribution in [3.05, 3.63) is 96.6 Å². The second kappa shape index (κ2) is 12.5. The summed E-state index contributed by atoms with van der Waals surface area (Å²) >= 11 is 0. The summed E-state index contributed by atoms with van der Waals surface area (Å²) in [4.78, 5) is 24.8. The average molecular weight is 479 g/mol. The molecule has 0 fully saturated rings. The van der Waals surface area contributed by atoms with Crippen molar-refractivity contribution in [1.29, 1.82) is 5.41 Å². The fourth-order valence-electron chi connectivity index (χ4n) is 3.02. The highest BCUT2D eigenvalue weighted by atomic mass is 31.2. The highest BCUT2D eigenvalue weighted by molar-refractivity contribution is 7.52. The van der Waals surface area contributed by atoms with Gasteiger partial charge in [0.05, 0.1) is 12.3 Å². The van der Waals surface area contributed by atoms with E-state index in [0.29, 0.717) is 6.21 Å². The van der Waals surface area contributed by atoms with E-state index in [1.54, 1.807) is 60.7 Å². The minimum Gasteiger partial charge on any atom is -0.405 e. The Bertz CT molecular complexity index is 1080. The topological polar surface area (TPSA) is 118 Å². The molecule has 3 N–H and O–H groups in total. The SMILES string of the molecule is N=CC(=O)CC[C@H](NP(=O)(Oc1ccccc1)Oc1ccccc1)C(=O)NCc1ccccc1. The van der Waals surface area contributed by atoms with Crippen molar-refractivity contribution >= 4 is 25.7 Å². The molecule has 1 amide bonds. The van der Waals surface area contributed by atoms with Crippen molar-refractivity contribution in [2.75, 3.05) is 0 Å². The van der Waals surface area contributed by atoms with Crippen LogP contribution in [0.3, 0.4) is 0 Å². The summed E-state index contributed by atoms with van der Waals surface area (Å²) < 4.78 is 25.2. The van der Waals surface area contributed by atoms with Crippen LogP contribution in [0.25, 0.3) is 0 Å². The van der Waals surface area contributed by atoms with Gasteiger partial charge in [-0.2, -0.15) is 5.09 Å². The molecule has 0 heterocycles. The number of para-hydroxylation sites is 2. The number of rotatable bonds is 13. The van der Waals surface area contributed by atoms with E-state index in [9.17, 15) is 14.2 Å². The zero-order valence-corrected chi connectivity index (χ0v) is 19.3. The number of Topliss-reactive ketones (excluding diaryl/α,β-unsaturated/α-hetero) is 1. The third-order valence-corrected chi connectivity index (χ3v) is 6.25. The third-order valence-electron chi connectivity index (χ3n) is 4.72. The quantitative estimate of drug-likeness (QED) is 0.245. The van der Waals surface area contributed by atoms with Crippen molar-refractivity contribution in [3.8, 4) is 11.5 Å². The van der Waals surface area contributed by atoms with Crippen LogP contribution in [-0.4, -0.2) is 23.9 Å². The predicted octanol–water partition coefficient (Wildman–Crippen LogP) is 4.53. The number of benzene rings is 3. The van der Waals surface area contributed by atoms with E-state index in [1.807, 2.05) is 30.3 Å². The molecule has 3 aromatic carbocycles. The fraction of sp³-hybridized carbons (Fsp3) is 0.160. The fourth-order valence-corrected chi connectivity index (χ4v) is 4.59. The number of amides is 1. The summed E-state index contributed by atoms with van der Waals surface area (Å²) in [6.45, 7) is 0.250. The van der Waals surface area contributed by atoms with E-state index in [1.165, 1.54) is 0 Å². The minimum absolute atomic E-state index is 0.00484. The second-order valence-corrected chi connectivity index (χ2v) is 8.96. The van der Waals surface area contributed by atoms with Crippen LogP contribution in [0, 0.1) is 5.41 Å². The molecule has 3 rings (SSSR count). The van der Waals surface area contributed by atoms with Gasteiger partial charge in [-0.3, -0.25) is 9.59 Å². The van der Waals surface area contributed by atoms with E-state index in [0.717, 1.165) is 5.56 Å². The molecule has 0 aliphatic rings. The normalized spacial score (nSPS) is 11.8. The van der Waals surface area contributed by atoms with Gasteiger partial charge in [0.1, 0.15) is 11.5 Å². The number of ketones is 1. The molecule has 9 heteroatoms. The molecule has 0 aliphatic carbocycles. The van der Waals surface area contributed by atoms with E-state index < -0.39 is 25.5 Å². The molecule has 0 saturated carbocycles. The molecule has 0 bridgehead atoms. The monoisotopic (exact) mass is 479 g/mol. The molecule has 0 aliphatic heterocycles. The Kier molecular flexibility index (Phi) is 9.14. The molecule has 0 aromatic heterocycles. The number of hydrogen-bond acceptors (Lipinski definition) is 6. The number of carbonyl (C=O) groups excluding carboxylic acids is 2. The van der Waals surface area contributed by atoms with Crippen molar-refractivity contribution in [3.63, 3.8) is 0 Å². The summed E-state index contributed by atoms with van der Waals surface area (Å²) in [6, 6.07) is 25.1. The summed E-state index contributed by atoms with van der Waals surface area (Å²) in [7, 11) is -4.12. The molecule has 34 heavy (non-hydrogen) atoms. The first kappa shape index (κ1) is 24.9. The molecule has 0 spiro atoms. The molecule has 8 nitrogen and oxygen atoms in total. The van der Waals surface area contributed by atoms with Crippen LogP contribution >= 0.6 is 7.75 Å². The first-order valence-electron chi connectivity index (χ1n) is 10.7. The van der Waals surface area contributed by atoms with Crippen LogP contribution < -0.4 is 19.5 Å². The maximum atomic E-state index is 13.8. The Morgan fingerprint density at radius 3 is 1.85 bits per heavy atom. The lowest BCUT2D eigenvalue weighted by Crippen LogP contribution is -2.44. The summed E-state index contributed by atoms with van der Waals surface area (Å²) in [5.74, 6) is -0.359. The van der Waals surface area contributed by atoms with Gasteiger partial charge in [0.15, 0.2) is 5.78 Å². The number of hydrogen-bond donors (Lipinski definition) is 3. The Hall–Kier alpha value is -3.74. The first-order valence-corrected chi connectivity index (χ1v) is 12.2. The lowest BCUT2D eigenvalue weighted by Gasteiger charge is -2.25. The lowest BCUT2D eigenvalue weighted by molar-refractivity contribution is -0.123. The van der Waals surface area contributed by atoms with Gasteiger partial charge in [0.2, 0.25) is 5.91 Å². The van der Waals surface area contributed by atoms with Gasteiger partial charge in [-0.25, -0.2) is 4.57 Å². The third kappa shape index (κ3) is 7.99. The maximum Gasteiger partial charge on any atom is 0.513 e. The van der Waals surface area contributed by atoms with E-state index in [2.05, 4.69) is 10.4 Å². The summed E-state index contributed by atoms with van der Waals surface area (Å²) in [6.07, 6.45) is 0.602. The standard InChI is InChI=1S/C25H26N3O5P/c26-18-21(29)16-17-24(25(30)27-19-20-10-4-1-5-11-20)28-34(31,32-22-12-6-2-7-13-22)33-23-14-8-3-9-15-23/h1-15,18,24,26H,16-17,19H2,(H,27,30)(H,28,31)/t24-/m0/s1. The Morgan fingerprint density at radius 1 is 0.853 bits per heavy atom. The van der Waals surface area contributed by atoms with Gasteiger partial charge in [-0.15, -0.1) is 0 Å². The molecule has 1 atom stereocenters. The highest BCUT2D eigenvalue weighted by Crippen LogP contribution is 2.45. The summed E-state index contributed by atoms with van der Waals surface area (Å²) in [5, 5.41) is 12.6. The number of carbonyl (C=O) groups is 2. The van der Waals surface area contributed by atoms with E-state index in [4.69, 9.17) is 14.5 Å². The van der Waals surface area contributed by atoms with Crippen LogP contribution in [0.5, 0.6) is 11.5 Å². The first-order chi connectivity index (χ1) is 16.5. The molecule has 0 radical (unpaired) electrons. The van der Waals surface area contributed by atoms with Gasteiger partial charge in [-0.05, 0) is 36.2 Å². The highest BCUT2D eigenvalue weighted by Gasteiger charge is 2.35. The van der Waals surface area contributed by atoms with Crippen LogP contribution in [0.15, 0.2) is 91.0 Å². The van der Waals surface area contributed by atoms with Crippen molar-refractivity contribution < 1.29 is 23.2 Å². The molecule has 3 aromatic rings. The van der Waals surface area contributed by atoms with Crippen LogP contribution in [0.1, 0.15) is 18.4 Å². The molecule has 176 valence electrons. The van der Waals surface area contributed by atoms with Crippen molar-refractivity contribution in [2.24, 2.45) is 0 Å². The van der Waals surface area contributed by atoms with Gasteiger partial charge in [0.25, 0.3) is 0 Å². The van der Waals surface area contributed by atoms with Crippen LogP contribution in [-0.2, 0) is 20.7 Å². The Morgan fingerprint density at radius 2 is 1.35 bits per heavy atom. The molecule has 0 unspecified atom stereocenters. The van der Waals surface area contributed by atoms with Crippen LogP contribution in [0.4, 0.5) is 0 Å². The molecular formula is C25H26N3O5P. The molecular weight excluding hydrogens is 453 g/mol. The van der Waals surface area contributed by atoms with Gasteiger partial charge in [0, 0.05) is 13.0 Å². The Balaban J connectivity index is 1.82. The zero-order chi connectivity index (χ0) is 24.2. The van der Waals surface area contributed by atoms with Crippen LogP contribution in [0.2, 0.25) is 0 Å². The lowest BCUT2D eigenvalue weighted by atomic mass is 10.1. The zero-order valence-electron chi connectivity index (χ0n) is 18.4. The van der Waals surface area contributed by atoms with Gasteiger partial charge in [-0.1, -0.05) is 66.7 Å².